The number of carbonyl (C=O) groups is 1. The number of phenols is 1. The van der Waals surface area contributed by atoms with Gasteiger partial charge in [-0.1, -0.05) is 11.6 Å². The lowest BCUT2D eigenvalue weighted by atomic mass is 10.2. The average Bonchev–Trinajstić information content (AvgIpc) is 3.14. The molecule has 0 saturated heterocycles. The first-order chi connectivity index (χ1) is 18.0. The minimum Gasteiger partial charge on any atom is -0.506 e. The number of amides is 1. The topological polar surface area (TPSA) is 143 Å². The minimum atomic E-state index is -0.692. The van der Waals surface area contributed by atoms with E-state index in [4.69, 9.17) is 17.3 Å². The van der Waals surface area contributed by atoms with Gasteiger partial charge in [-0.25, -0.2) is 9.18 Å². The zero-order chi connectivity index (χ0) is 27.7. The van der Waals surface area contributed by atoms with Gasteiger partial charge in [0.2, 0.25) is 5.95 Å². The Hall–Kier alpha value is -4.16. The zero-order valence-electron chi connectivity index (χ0n) is 21.3. The number of nitrogen functional groups attached to an aromatic ring is 1. The van der Waals surface area contributed by atoms with Crippen molar-refractivity contribution >= 4 is 46.1 Å². The monoisotopic (exact) mass is 542 g/mol. The highest BCUT2D eigenvalue weighted by Crippen LogP contribution is 2.30. The molecule has 0 atom stereocenters. The molecular formula is C25H28ClFN8O3. The number of rotatable bonds is 8. The fourth-order valence-corrected chi connectivity index (χ4v) is 4.03. The third-order valence-electron chi connectivity index (χ3n) is 5.77. The lowest BCUT2D eigenvalue weighted by Crippen LogP contribution is -2.31. The van der Waals surface area contributed by atoms with Crippen LogP contribution < -0.4 is 22.1 Å². The Morgan fingerprint density at radius 1 is 1.21 bits per heavy atom. The number of carbonyl (C=O) groups excluding carboxylic acids is 1. The summed E-state index contributed by atoms with van der Waals surface area (Å²) in [6.07, 6.45) is 0. The number of anilines is 3. The first-order valence-corrected chi connectivity index (χ1v) is 12.1. The molecule has 4 rings (SSSR count). The lowest BCUT2D eigenvalue weighted by molar-refractivity contribution is 0.0950. The number of likely N-dealkylation sites (N-methyl/N-ethyl adjacent to an activating group) is 1. The summed E-state index contributed by atoms with van der Waals surface area (Å²) in [6.45, 7) is 4.68. The van der Waals surface area contributed by atoms with Crippen LogP contribution in [0.4, 0.5) is 21.8 Å². The fourth-order valence-electron chi connectivity index (χ4n) is 3.91. The Morgan fingerprint density at radius 2 is 1.95 bits per heavy atom. The third kappa shape index (κ3) is 5.27. The number of benzene rings is 2. The van der Waals surface area contributed by atoms with E-state index in [1.807, 2.05) is 19.0 Å². The van der Waals surface area contributed by atoms with E-state index < -0.39 is 17.4 Å². The molecule has 0 fully saturated rings. The second-order valence-electron chi connectivity index (χ2n) is 9.20. The number of halogens is 2. The first kappa shape index (κ1) is 26.9. The van der Waals surface area contributed by atoms with E-state index in [2.05, 4.69) is 20.6 Å². The van der Waals surface area contributed by atoms with Crippen LogP contribution in [-0.2, 0) is 0 Å². The summed E-state index contributed by atoms with van der Waals surface area (Å²) in [5, 5.41) is 15.7. The molecule has 11 nitrogen and oxygen atoms in total. The average molecular weight is 543 g/mol. The van der Waals surface area contributed by atoms with Crippen molar-refractivity contribution in [3.8, 4) is 11.4 Å². The molecule has 2 aromatic carbocycles. The number of nitrogens with zero attached hydrogens (tertiary/aromatic N) is 5. The molecule has 4 aromatic rings. The van der Waals surface area contributed by atoms with Gasteiger partial charge in [0.1, 0.15) is 17.1 Å². The normalized spacial score (nSPS) is 11.5. The molecule has 1 amide bonds. The van der Waals surface area contributed by atoms with Crippen LogP contribution in [0.25, 0.3) is 16.9 Å². The number of hydrogen-bond acceptors (Lipinski definition) is 8. The van der Waals surface area contributed by atoms with Crippen LogP contribution in [0, 0.1) is 5.82 Å². The Kier molecular flexibility index (Phi) is 7.56. The van der Waals surface area contributed by atoms with E-state index in [-0.39, 0.29) is 51.0 Å². The molecule has 0 aliphatic carbocycles. The Bertz CT molecular complexity index is 1580. The lowest BCUT2D eigenvalue weighted by Gasteiger charge is -2.12. The largest absolute Gasteiger partial charge is 0.506 e. The maximum atomic E-state index is 14.9. The van der Waals surface area contributed by atoms with Gasteiger partial charge >= 0.3 is 5.69 Å². The van der Waals surface area contributed by atoms with Gasteiger partial charge in [0.15, 0.2) is 11.5 Å². The van der Waals surface area contributed by atoms with Crippen LogP contribution in [0.5, 0.6) is 5.75 Å². The molecule has 5 N–H and O–H groups in total. The summed E-state index contributed by atoms with van der Waals surface area (Å²) in [7, 11) is 3.77. The van der Waals surface area contributed by atoms with E-state index in [1.54, 1.807) is 19.9 Å². The van der Waals surface area contributed by atoms with Gasteiger partial charge in [-0.15, -0.1) is 0 Å². The van der Waals surface area contributed by atoms with Crippen molar-refractivity contribution in [3.63, 3.8) is 0 Å². The molecule has 0 aliphatic heterocycles. The van der Waals surface area contributed by atoms with Crippen molar-refractivity contribution < 1.29 is 14.3 Å². The second-order valence-corrected chi connectivity index (χ2v) is 9.61. The van der Waals surface area contributed by atoms with E-state index in [9.17, 15) is 19.1 Å². The predicted octanol–water partition coefficient (Wildman–Crippen LogP) is 3.28. The van der Waals surface area contributed by atoms with Gasteiger partial charge in [0.05, 0.1) is 16.4 Å². The highest BCUT2D eigenvalue weighted by atomic mass is 35.5. The van der Waals surface area contributed by atoms with Gasteiger partial charge in [-0.2, -0.15) is 9.97 Å². The quantitative estimate of drug-likeness (QED) is 0.265. The summed E-state index contributed by atoms with van der Waals surface area (Å²) in [5.41, 5.74) is 6.76. The molecule has 0 aliphatic rings. The van der Waals surface area contributed by atoms with Crippen molar-refractivity contribution in [2.45, 2.75) is 19.9 Å². The van der Waals surface area contributed by atoms with Crippen LogP contribution in [-0.4, -0.2) is 62.2 Å². The van der Waals surface area contributed by atoms with Crippen molar-refractivity contribution in [2.75, 3.05) is 38.2 Å². The molecule has 200 valence electrons. The number of aromatic hydroxyl groups is 1. The molecule has 13 heteroatoms. The van der Waals surface area contributed by atoms with Crippen LogP contribution in [0.3, 0.4) is 0 Å². The Morgan fingerprint density at radius 3 is 2.58 bits per heavy atom. The molecule has 0 bridgehead atoms. The van der Waals surface area contributed by atoms with Gasteiger partial charge < -0.3 is 26.4 Å². The van der Waals surface area contributed by atoms with Crippen LogP contribution in [0.1, 0.15) is 30.2 Å². The SMILES string of the molecule is CC(C)n1c(=O)n(-c2ccc(Cl)c(O)c2)c2c(N)nc(Nc3ccc(C(=O)NCCN(C)C)cc3F)nc21. The van der Waals surface area contributed by atoms with E-state index in [0.29, 0.717) is 18.8 Å². The minimum absolute atomic E-state index is 0.0223. The van der Waals surface area contributed by atoms with Crippen molar-refractivity contribution in [1.82, 2.24) is 29.3 Å². The van der Waals surface area contributed by atoms with Crippen molar-refractivity contribution in [2.24, 2.45) is 0 Å². The molecule has 0 saturated carbocycles. The summed E-state index contributed by atoms with van der Waals surface area (Å²) < 4.78 is 17.6. The standard InChI is InChI=1S/C25H28ClFN8O3/c1-13(2)34-22-20(35(25(34)38)15-6-7-16(26)19(36)12-15)21(28)31-24(32-22)30-18-8-5-14(11-17(18)27)23(37)29-9-10-33(3)4/h5-8,11-13,36H,9-10H2,1-4H3,(H,29,37)(H3,28,30,31,32). The van der Waals surface area contributed by atoms with E-state index >= 15 is 0 Å². The maximum absolute atomic E-state index is 14.9. The van der Waals surface area contributed by atoms with Crippen LogP contribution in [0.2, 0.25) is 5.02 Å². The Labute approximate surface area is 222 Å². The molecule has 0 unspecified atom stereocenters. The van der Waals surface area contributed by atoms with Gasteiger partial charge in [0, 0.05) is 30.8 Å². The van der Waals surface area contributed by atoms with Gasteiger partial charge in [-0.3, -0.25) is 13.9 Å². The fraction of sp³-hybridized carbons (Fsp3) is 0.280. The summed E-state index contributed by atoms with van der Waals surface area (Å²) in [6, 6.07) is 8.04. The molecule has 0 radical (unpaired) electrons. The number of nitrogens with two attached hydrogens (primary N) is 1. The molecule has 0 spiro atoms. The second kappa shape index (κ2) is 10.7. The van der Waals surface area contributed by atoms with Crippen molar-refractivity contribution in [1.29, 1.82) is 0 Å². The zero-order valence-corrected chi connectivity index (χ0v) is 22.0. The van der Waals surface area contributed by atoms with E-state index in [1.165, 1.54) is 33.4 Å². The van der Waals surface area contributed by atoms with E-state index in [0.717, 1.165) is 6.07 Å². The molecule has 2 aromatic heterocycles. The predicted molar refractivity (Wildman–Crippen MR) is 145 cm³/mol. The van der Waals surface area contributed by atoms with Gasteiger partial charge in [0.25, 0.3) is 5.91 Å². The number of nitrogens with one attached hydrogen (secondary N) is 2. The highest BCUT2D eigenvalue weighted by Gasteiger charge is 2.23. The molecule has 38 heavy (non-hydrogen) atoms. The smallest absolute Gasteiger partial charge is 0.335 e. The summed E-state index contributed by atoms with van der Waals surface area (Å²) in [5.74, 6) is -1.37. The first-order valence-electron chi connectivity index (χ1n) is 11.8. The Balaban J connectivity index is 1.71. The number of imidazole rings is 1. The number of fused-ring (bicyclic) bond motifs is 1. The number of hydrogen-bond donors (Lipinski definition) is 4. The summed E-state index contributed by atoms with van der Waals surface area (Å²) in [4.78, 5) is 36.3. The summed E-state index contributed by atoms with van der Waals surface area (Å²) >= 11 is 5.93. The van der Waals surface area contributed by atoms with Crippen LogP contribution >= 0.6 is 11.6 Å². The number of phenolic OH excluding ortho intramolecular Hbond substituents is 1. The van der Waals surface area contributed by atoms with Gasteiger partial charge in [-0.05, 0) is 58.3 Å². The van der Waals surface area contributed by atoms with Crippen LogP contribution in [0.15, 0.2) is 41.2 Å². The number of aromatic nitrogens is 4. The highest BCUT2D eigenvalue weighted by molar-refractivity contribution is 6.32. The molecular weight excluding hydrogens is 515 g/mol. The van der Waals surface area contributed by atoms with Crippen molar-refractivity contribution in [3.05, 3.63) is 63.3 Å². The molecule has 2 heterocycles. The third-order valence-corrected chi connectivity index (χ3v) is 6.09. The maximum Gasteiger partial charge on any atom is 0.335 e.